The summed E-state index contributed by atoms with van der Waals surface area (Å²) < 4.78 is 30.0. The molecule has 3 nitrogen and oxygen atoms in total. The van der Waals surface area contributed by atoms with E-state index in [1.54, 1.807) is 0 Å². The zero-order chi connectivity index (χ0) is 9.35. The molecule has 0 aliphatic carbocycles. The Hall–Kier alpha value is -0.710. The minimum absolute atomic E-state index is 0.450. The van der Waals surface area contributed by atoms with Crippen LogP contribution in [0.1, 0.15) is 6.92 Å². The van der Waals surface area contributed by atoms with Gasteiger partial charge in [-0.3, -0.25) is 10.1 Å². The summed E-state index contributed by atoms with van der Waals surface area (Å²) in [5, 5.41) is 2.42. The average molecular weight is 179 g/mol. The van der Waals surface area contributed by atoms with Crippen molar-refractivity contribution in [2.75, 3.05) is 13.7 Å². The molecule has 5 heteroatoms. The van der Waals surface area contributed by atoms with Crippen LogP contribution in [0.25, 0.3) is 0 Å². The first-order valence-electron chi connectivity index (χ1n) is 3.68. The van der Waals surface area contributed by atoms with Gasteiger partial charge in [0, 0.05) is 5.92 Å². The molecule has 2 unspecified atom stereocenters. The fourth-order valence-electron chi connectivity index (χ4n) is 1.24. The van der Waals surface area contributed by atoms with Crippen LogP contribution in [0.3, 0.4) is 0 Å². The largest absolute Gasteiger partial charge is 0.468 e. The van der Waals surface area contributed by atoms with Crippen molar-refractivity contribution in [2.45, 2.75) is 18.9 Å². The fraction of sp³-hybridized carbons (Fsp3) is 0.857. The van der Waals surface area contributed by atoms with Crippen molar-refractivity contribution in [2.24, 2.45) is 5.92 Å². The number of rotatable bonds is 1. The number of hydrogen-bond donors (Lipinski definition) is 1. The van der Waals surface area contributed by atoms with E-state index in [2.05, 4.69) is 10.1 Å². The maximum Gasteiger partial charge on any atom is 0.323 e. The topological polar surface area (TPSA) is 38.3 Å². The summed E-state index contributed by atoms with van der Waals surface area (Å²) in [5.41, 5.74) is 0. The zero-order valence-electron chi connectivity index (χ0n) is 6.93. The van der Waals surface area contributed by atoms with Gasteiger partial charge in [-0.1, -0.05) is 6.92 Å². The molecule has 1 aliphatic heterocycles. The third-order valence-corrected chi connectivity index (χ3v) is 2.18. The number of alkyl halides is 2. The van der Waals surface area contributed by atoms with Crippen LogP contribution in [0.5, 0.6) is 0 Å². The zero-order valence-corrected chi connectivity index (χ0v) is 6.93. The lowest BCUT2D eigenvalue weighted by Gasteiger charge is -2.16. The van der Waals surface area contributed by atoms with Crippen molar-refractivity contribution in [1.82, 2.24) is 5.32 Å². The molecule has 0 radical (unpaired) electrons. The second-order valence-electron chi connectivity index (χ2n) is 2.93. The number of halogens is 2. The number of esters is 1. The van der Waals surface area contributed by atoms with Gasteiger partial charge in [0.15, 0.2) is 0 Å². The van der Waals surface area contributed by atoms with Crippen molar-refractivity contribution in [1.29, 1.82) is 0 Å². The highest BCUT2D eigenvalue weighted by molar-refractivity contribution is 5.76. The van der Waals surface area contributed by atoms with Gasteiger partial charge >= 0.3 is 5.97 Å². The fourth-order valence-corrected chi connectivity index (χ4v) is 1.24. The molecule has 1 heterocycles. The van der Waals surface area contributed by atoms with Crippen LogP contribution in [0.4, 0.5) is 8.78 Å². The average Bonchev–Trinajstić information content (AvgIpc) is 2.27. The van der Waals surface area contributed by atoms with Crippen molar-refractivity contribution in [3.8, 4) is 0 Å². The molecule has 0 saturated carbocycles. The Bertz CT molecular complexity index is 196. The second-order valence-corrected chi connectivity index (χ2v) is 2.93. The molecular weight excluding hydrogens is 168 g/mol. The highest BCUT2D eigenvalue weighted by atomic mass is 19.3. The summed E-state index contributed by atoms with van der Waals surface area (Å²) in [5.74, 6) is -4.43. The summed E-state index contributed by atoms with van der Waals surface area (Å²) >= 11 is 0. The molecule has 1 aliphatic rings. The highest BCUT2D eigenvalue weighted by Crippen LogP contribution is 2.31. The van der Waals surface area contributed by atoms with Crippen LogP contribution in [0, 0.1) is 5.92 Å². The number of carbonyl (C=O) groups is 1. The Morgan fingerprint density at radius 3 is 2.58 bits per heavy atom. The molecule has 12 heavy (non-hydrogen) atoms. The normalized spacial score (nSPS) is 33.3. The summed E-state index contributed by atoms with van der Waals surface area (Å²) in [6.07, 6.45) is 0. The lowest BCUT2D eigenvalue weighted by Crippen LogP contribution is -2.36. The van der Waals surface area contributed by atoms with Crippen LogP contribution in [0.15, 0.2) is 0 Å². The van der Waals surface area contributed by atoms with Crippen LogP contribution >= 0.6 is 0 Å². The van der Waals surface area contributed by atoms with Gasteiger partial charge in [0.1, 0.15) is 6.04 Å². The highest BCUT2D eigenvalue weighted by Gasteiger charge is 2.50. The van der Waals surface area contributed by atoms with E-state index in [0.29, 0.717) is 0 Å². The van der Waals surface area contributed by atoms with E-state index in [9.17, 15) is 13.6 Å². The van der Waals surface area contributed by atoms with E-state index in [-0.39, 0.29) is 0 Å². The molecule has 1 fully saturated rings. The molecule has 70 valence electrons. The van der Waals surface area contributed by atoms with Crippen molar-refractivity contribution in [3.05, 3.63) is 0 Å². The van der Waals surface area contributed by atoms with E-state index >= 15 is 0 Å². The number of nitrogens with one attached hydrogen (secondary N) is 1. The first kappa shape index (κ1) is 9.38. The summed E-state index contributed by atoms with van der Waals surface area (Å²) in [6.45, 7) is 0.884. The Morgan fingerprint density at radius 1 is 1.67 bits per heavy atom. The van der Waals surface area contributed by atoms with Crippen molar-refractivity contribution in [3.63, 3.8) is 0 Å². The van der Waals surface area contributed by atoms with Gasteiger partial charge in [0.05, 0.1) is 13.7 Å². The molecule has 2 atom stereocenters. The minimum Gasteiger partial charge on any atom is -0.468 e. The lowest BCUT2D eigenvalue weighted by atomic mass is 10.0. The third-order valence-electron chi connectivity index (χ3n) is 2.18. The Kier molecular flexibility index (Phi) is 2.32. The first-order valence-corrected chi connectivity index (χ1v) is 3.68. The van der Waals surface area contributed by atoms with Crippen LogP contribution in [-0.2, 0) is 9.53 Å². The van der Waals surface area contributed by atoms with Crippen LogP contribution < -0.4 is 5.32 Å². The quantitative estimate of drug-likeness (QED) is 0.592. The molecule has 1 N–H and O–H groups in total. The first-order chi connectivity index (χ1) is 5.49. The summed E-state index contributed by atoms with van der Waals surface area (Å²) in [4.78, 5) is 10.9. The lowest BCUT2D eigenvalue weighted by molar-refractivity contribution is -0.145. The number of ether oxygens (including phenoxy) is 1. The van der Waals surface area contributed by atoms with Gasteiger partial charge in [-0.25, -0.2) is 8.78 Å². The Balaban J connectivity index is 2.67. The van der Waals surface area contributed by atoms with Gasteiger partial charge in [0.2, 0.25) is 0 Å². The predicted molar refractivity (Wildman–Crippen MR) is 37.9 cm³/mol. The van der Waals surface area contributed by atoms with Crippen molar-refractivity contribution < 1.29 is 18.3 Å². The van der Waals surface area contributed by atoms with E-state index in [0.717, 1.165) is 0 Å². The van der Waals surface area contributed by atoms with Gasteiger partial charge < -0.3 is 4.74 Å². The Morgan fingerprint density at radius 2 is 2.25 bits per heavy atom. The van der Waals surface area contributed by atoms with Crippen LogP contribution in [0.2, 0.25) is 0 Å². The van der Waals surface area contributed by atoms with E-state index < -0.39 is 30.4 Å². The standard InChI is InChI=1S/C7H11F2NO2/c1-4-5(6(11)12-2)10-3-7(4,8)9/h4-5,10H,3H2,1-2H3. The molecule has 1 saturated heterocycles. The molecule has 0 bridgehead atoms. The number of carbonyl (C=O) groups excluding carboxylic acids is 1. The smallest absolute Gasteiger partial charge is 0.323 e. The van der Waals surface area contributed by atoms with Gasteiger partial charge in [0.25, 0.3) is 5.92 Å². The molecule has 1 rings (SSSR count). The predicted octanol–water partition coefficient (Wildman–Crippen LogP) is 0.403. The monoisotopic (exact) mass is 179 g/mol. The van der Waals surface area contributed by atoms with E-state index in [1.807, 2.05) is 0 Å². The summed E-state index contributed by atoms with van der Waals surface area (Å²) in [7, 11) is 1.19. The molecule has 0 aromatic carbocycles. The molecule has 0 aromatic rings. The number of hydrogen-bond acceptors (Lipinski definition) is 3. The Labute approximate surface area is 69.1 Å². The van der Waals surface area contributed by atoms with Crippen molar-refractivity contribution >= 4 is 5.97 Å². The van der Waals surface area contributed by atoms with Gasteiger partial charge in [-0.05, 0) is 0 Å². The molecular formula is C7H11F2NO2. The van der Waals surface area contributed by atoms with Crippen LogP contribution in [-0.4, -0.2) is 31.6 Å². The number of methoxy groups -OCH3 is 1. The summed E-state index contributed by atoms with van der Waals surface area (Å²) in [6, 6.07) is -0.870. The second kappa shape index (κ2) is 2.97. The van der Waals surface area contributed by atoms with E-state index in [4.69, 9.17) is 0 Å². The van der Waals surface area contributed by atoms with E-state index in [1.165, 1.54) is 14.0 Å². The van der Waals surface area contributed by atoms with Gasteiger partial charge in [-0.15, -0.1) is 0 Å². The third kappa shape index (κ3) is 1.41. The maximum absolute atomic E-state index is 12.8. The van der Waals surface area contributed by atoms with Gasteiger partial charge in [-0.2, -0.15) is 0 Å². The SMILES string of the molecule is COC(=O)C1NCC(F)(F)C1C. The maximum atomic E-state index is 12.8. The molecule has 0 spiro atoms. The minimum atomic E-state index is -2.81. The molecule has 0 amide bonds. The molecule has 0 aromatic heterocycles.